The van der Waals surface area contributed by atoms with Gasteiger partial charge in [-0.25, -0.2) is 4.39 Å². The van der Waals surface area contributed by atoms with Crippen molar-refractivity contribution in [2.75, 3.05) is 0 Å². The maximum absolute atomic E-state index is 12.1. The van der Waals surface area contributed by atoms with Gasteiger partial charge in [0.2, 0.25) is 0 Å². The molecule has 0 unspecified atom stereocenters. The number of aliphatic hydroxyl groups is 1. The van der Waals surface area contributed by atoms with E-state index in [0.29, 0.717) is 0 Å². The molecule has 0 aliphatic carbocycles. The zero-order valence-corrected chi connectivity index (χ0v) is 6.26. The van der Waals surface area contributed by atoms with E-state index in [2.05, 4.69) is 13.2 Å². The van der Waals surface area contributed by atoms with Crippen molar-refractivity contribution in [2.24, 2.45) is 0 Å². The SMILES string of the molecule is C=C.OCc1ccc(F)cc1. The first-order valence-electron chi connectivity index (χ1n) is 3.18. The zero-order chi connectivity index (χ0) is 8.69. The van der Waals surface area contributed by atoms with E-state index in [1.807, 2.05) is 0 Å². The highest BCUT2D eigenvalue weighted by Crippen LogP contribution is 2.00. The summed E-state index contributed by atoms with van der Waals surface area (Å²) in [6.07, 6.45) is 0. The van der Waals surface area contributed by atoms with Gasteiger partial charge in [-0.3, -0.25) is 0 Å². The summed E-state index contributed by atoms with van der Waals surface area (Å²) in [5.74, 6) is -0.271. The molecule has 0 aromatic heterocycles. The Hall–Kier alpha value is -1.15. The molecule has 0 aliphatic rings. The Kier molecular flexibility index (Phi) is 5.03. The third kappa shape index (κ3) is 3.53. The van der Waals surface area contributed by atoms with Crippen LogP contribution in [0.2, 0.25) is 0 Å². The molecular weight excluding hydrogens is 143 g/mol. The maximum Gasteiger partial charge on any atom is 0.123 e. The monoisotopic (exact) mass is 154 g/mol. The quantitative estimate of drug-likeness (QED) is 0.614. The Morgan fingerprint density at radius 3 is 2.00 bits per heavy atom. The zero-order valence-electron chi connectivity index (χ0n) is 6.26. The summed E-state index contributed by atoms with van der Waals surface area (Å²) < 4.78 is 12.1. The lowest BCUT2D eigenvalue weighted by molar-refractivity contribution is 0.281. The molecule has 0 heterocycles. The van der Waals surface area contributed by atoms with Crippen LogP contribution in [-0.4, -0.2) is 5.11 Å². The molecule has 1 nitrogen and oxygen atoms in total. The molecule has 11 heavy (non-hydrogen) atoms. The highest BCUT2D eigenvalue weighted by Gasteiger charge is 1.88. The van der Waals surface area contributed by atoms with E-state index < -0.39 is 0 Å². The summed E-state index contributed by atoms with van der Waals surface area (Å²) >= 11 is 0. The van der Waals surface area contributed by atoms with Crippen LogP contribution in [0.1, 0.15) is 5.56 Å². The van der Waals surface area contributed by atoms with E-state index in [9.17, 15) is 4.39 Å². The summed E-state index contributed by atoms with van der Waals surface area (Å²) in [5.41, 5.74) is 0.733. The number of aliphatic hydroxyl groups excluding tert-OH is 1. The highest BCUT2D eigenvalue weighted by atomic mass is 19.1. The second-order valence-electron chi connectivity index (χ2n) is 1.78. The van der Waals surface area contributed by atoms with Crippen molar-refractivity contribution >= 4 is 0 Å². The first-order valence-corrected chi connectivity index (χ1v) is 3.18. The summed E-state index contributed by atoms with van der Waals surface area (Å²) in [6.45, 7) is 5.97. The molecule has 1 rings (SSSR count). The van der Waals surface area contributed by atoms with Gasteiger partial charge in [0.25, 0.3) is 0 Å². The minimum absolute atomic E-state index is 0.0275. The summed E-state index contributed by atoms with van der Waals surface area (Å²) in [5, 5.41) is 8.51. The van der Waals surface area contributed by atoms with Crippen LogP contribution in [0.15, 0.2) is 37.4 Å². The van der Waals surface area contributed by atoms with E-state index in [-0.39, 0.29) is 12.4 Å². The molecular formula is C9H11FO. The highest BCUT2D eigenvalue weighted by molar-refractivity contribution is 5.14. The fourth-order valence-corrected chi connectivity index (χ4v) is 0.590. The molecule has 60 valence electrons. The fraction of sp³-hybridized carbons (Fsp3) is 0.111. The third-order valence-electron chi connectivity index (χ3n) is 1.10. The van der Waals surface area contributed by atoms with Crippen LogP contribution in [0, 0.1) is 5.82 Å². The minimum Gasteiger partial charge on any atom is -0.392 e. The molecule has 0 saturated heterocycles. The lowest BCUT2D eigenvalue weighted by Gasteiger charge is -1.91. The molecule has 0 bridgehead atoms. The molecule has 0 atom stereocenters. The molecule has 1 N–H and O–H groups in total. The van der Waals surface area contributed by atoms with Crippen molar-refractivity contribution < 1.29 is 9.50 Å². The Morgan fingerprint density at radius 2 is 1.64 bits per heavy atom. The first kappa shape index (κ1) is 9.85. The number of halogens is 1. The largest absolute Gasteiger partial charge is 0.392 e. The van der Waals surface area contributed by atoms with Crippen LogP contribution in [0.4, 0.5) is 4.39 Å². The van der Waals surface area contributed by atoms with Gasteiger partial charge >= 0.3 is 0 Å². The van der Waals surface area contributed by atoms with Gasteiger partial charge in [-0.15, -0.1) is 13.2 Å². The smallest absolute Gasteiger partial charge is 0.123 e. The standard InChI is InChI=1S/C7H7FO.C2H4/c8-7-3-1-6(5-9)2-4-7;1-2/h1-4,9H,5H2;1-2H2. The summed E-state index contributed by atoms with van der Waals surface area (Å²) in [7, 11) is 0. The molecule has 0 saturated carbocycles. The maximum atomic E-state index is 12.1. The summed E-state index contributed by atoms with van der Waals surface area (Å²) in [6, 6.07) is 5.75. The number of rotatable bonds is 1. The lowest BCUT2D eigenvalue weighted by atomic mass is 10.2. The second kappa shape index (κ2) is 5.62. The van der Waals surface area contributed by atoms with E-state index in [4.69, 9.17) is 5.11 Å². The van der Waals surface area contributed by atoms with E-state index in [0.717, 1.165) is 5.56 Å². The van der Waals surface area contributed by atoms with Crippen molar-refractivity contribution in [2.45, 2.75) is 6.61 Å². The van der Waals surface area contributed by atoms with Crippen molar-refractivity contribution in [3.63, 3.8) is 0 Å². The Bertz CT molecular complexity index is 193. The van der Waals surface area contributed by atoms with Crippen LogP contribution >= 0.6 is 0 Å². The van der Waals surface area contributed by atoms with E-state index in [1.165, 1.54) is 12.1 Å². The van der Waals surface area contributed by atoms with E-state index >= 15 is 0 Å². The van der Waals surface area contributed by atoms with Gasteiger partial charge in [0, 0.05) is 0 Å². The number of benzene rings is 1. The number of hydrogen-bond donors (Lipinski definition) is 1. The predicted molar refractivity (Wildman–Crippen MR) is 43.6 cm³/mol. The fourth-order valence-electron chi connectivity index (χ4n) is 0.590. The van der Waals surface area contributed by atoms with Crippen LogP contribution in [0.5, 0.6) is 0 Å². The van der Waals surface area contributed by atoms with Crippen molar-refractivity contribution in [3.05, 3.63) is 48.8 Å². The lowest BCUT2D eigenvalue weighted by Crippen LogP contribution is -1.81. The van der Waals surface area contributed by atoms with Gasteiger partial charge in [-0.2, -0.15) is 0 Å². The van der Waals surface area contributed by atoms with Crippen LogP contribution < -0.4 is 0 Å². The Morgan fingerprint density at radius 1 is 1.18 bits per heavy atom. The van der Waals surface area contributed by atoms with Crippen molar-refractivity contribution in [3.8, 4) is 0 Å². The normalized spacial score (nSPS) is 8.18. The Balaban J connectivity index is 0.000000461. The molecule has 0 fully saturated rings. The van der Waals surface area contributed by atoms with Gasteiger partial charge in [0.05, 0.1) is 6.61 Å². The third-order valence-corrected chi connectivity index (χ3v) is 1.10. The van der Waals surface area contributed by atoms with Crippen LogP contribution in [-0.2, 0) is 6.61 Å². The van der Waals surface area contributed by atoms with Crippen LogP contribution in [0.25, 0.3) is 0 Å². The van der Waals surface area contributed by atoms with Crippen molar-refractivity contribution in [1.82, 2.24) is 0 Å². The van der Waals surface area contributed by atoms with Gasteiger partial charge in [0.1, 0.15) is 5.82 Å². The second-order valence-corrected chi connectivity index (χ2v) is 1.78. The van der Waals surface area contributed by atoms with Gasteiger partial charge < -0.3 is 5.11 Å². The predicted octanol–water partition coefficient (Wildman–Crippen LogP) is 2.12. The molecule has 0 radical (unpaired) electrons. The molecule has 0 amide bonds. The Labute approximate surface area is 65.8 Å². The molecule has 0 aliphatic heterocycles. The van der Waals surface area contributed by atoms with Gasteiger partial charge in [-0.05, 0) is 17.7 Å². The first-order chi connectivity index (χ1) is 5.33. The molecule has 2 heteroatoms. The average Bonchev–Trinajstić information content (AvgIpc) is 2.10. The minimum atomic E-state index is -0.271. The van der Waals surface area contributed by atoms with Gasteiger partial charge in [0.15, 0.2) is 0 Å². The molecule has 1 aromatic rings. The summed E-state index contributed by atoms with van der Waals surface area (Å²) in [4.78, 5) is 0. The van der Waals surface area contributed by atoms with E-state index in [1.54, 1.807) is 12.1 Å². The van der Waals surface area contributed by atoms with Crippen molar-refractivity contribution in [1.29, 1.82) is 0 Å². The average molecular weight is 154 g/mol. The van der Waals surface area contributed by atoms with Crippen LogP contribution in [0.3, 0.4) is 0 Å². The molecule has 1 aromatic carbocycles. The number of hydrogen-bond acceptors (Lipinski definition) is 1. The topological polar surface area (TPSA) is 20.2 Å². The molecule has 0 spiro atoms. The van der Waals surface area contributed by atoms with Gasteiger partial charge in [-0.1, -0.05) is 12.1 Å².